The second-order valence-electron chi connectivity index (χ2n) is 4.53. The van der Waals surface area contributed by atoms with Crippen molar-refractivity contribution in [2.75, 3.05) is 12.4 Å². The zero-order valence-corrected chi connectivity index (χ0v) is 14.3. The van der Waals surface area contributed by atoms with Crippen LogP contribution in [0.3, 0.4) is 0 Å². The molecule has 2 heterocycles. The first-order valence-electron chi connectivity index (χ1n) is 6.22. The van der Waals surface area contributed by atoms with Crippen molar-refractivity contribution in [3.8, 4) is 0 Å². The number of hydrogen-bond donors (Lipinski definition) is 2. The summed E-state index contributed by atoms with van der Waals surface area (Å²) in [7, 11) is -1.96. The highest BCUT2D eigenvalue weighted by molar-refractivity contribution is 7.89. The number of pyridine rings is 1. The fourth-order valence-corrected chi connectivity index (χ4v) is 4.12. The van der Waals surface area contributed by atoms with Crippen LogP contribution < -0.4 is 10.0 Å². The first kappa shape index (κ1) is 16.2. The number of anilines is 1. The van der Waals surface area contributed by atoms with Crippen molar-refractivity contribution >= 4 is 38.8 Å². The van der Waals surface area contributed by atoms with E-state index < -0.39 is 10.0 Å². The summed E-state index contributed by atoms with van der Waals surface area (Å²) in [6.45, 7) is 4.27. The molecule has 8 heteroatoms. The van der Waals surface area contributed by atoms with E-state index in [4.69, 9.17) is 11.6 Å². The van der Waals surface area contributed by atoms with E-state index in [9.17, 15) is 8.42 Å². The van der Waals surface area contributed by atoms with Crippen molar-refractivity contribution < 1.29 is 8.42 Å². The molecule has 5 nitrogen and oxygen atoms in total. The topological polar surface area (TPSA) is 71.1 Å². The summed E-state index contributed by atoms with van der Waals surface area (Å²) >= 11 is 7.54. The minimum atomic E-state index is -3.63. The Morgan fingerprint density at radius 3 is 2.57 bits per heavy atom. The number of thiophene rings is 1. The van der Waals surface area contributed by atoms with Crippen LogP contribution in [0.5, 0.6) is 0 Å². The van der Waals surface area contributed by atoms with Crippen LogP contribution in [0, 0.1) is 13.8 Å². The molecule has 2 aromatic rings. The second kappa shape index (κ2) is 6.31. The average Bonchev–Trinajstić information content (AvgIpc) is 2.76. The van der Waals surface area contributed by atoms with Gasteiger partial charge in [-0.2, -0.15) is 0 Å². The Morgan fingerprint density at radius 2 is 2.05 bits per heavy atom. The largest absolute Gasteiger partial charge is 0.372 e. The molecule has 0 aromatic carbocycles. The number of nitrogens with zero attached hydrogens (tertiary/aromatic N) is 1. The molecule has 0 amide bonds. The molecule has 0 aliphatic heterocycles. The summed E-state index contributed by atoms with van der Waals surface area (Å²) in [6, 6.07) is 3.37. The highest BCUT2D eigenvalue weighted by Crippen LogP contribution is 2.23. The van der Waals surface area contributed by atoms with Crippen LogP contribution in [0.2, 0.25) is 5.02 Å². The smallest absolute Gasteiger partial charge is 0.242 e. The molecule has 0 atom stereocenters. The molecule has 0 saturated carbocycles. The van der Waals surface area contributed by atoms with Gasteiger partial charge in [0.05, 0.1) is 5.02 Å². The van der Waals surface area contributed by atoms with Crippen LogP contribution in [-0.2, 0) is 16.6 Å². The molecule has 2 N–H and O–H groups in total. The molecule has 0 radical (unpaired) electrons. The molecule has 0 aliphatic rings. The van der Waals surface area contributed by atoms with E-state index in [0.717, 1.165) is 10.4 Å². The van der Waals surface area contributed by atoms with Crippen LogP contribution in [0.15, 0.2) is 23.2 Å². The van der Waals surface area contributed by atoms with Gasteiger partial charge >= 0.3 is 0 Å². The number of halogens is 1. The molecule has 21 heavy (non-hydrogen) atoms. The van der Waals surface area contributed by atoms with Crippen LogP contribution >= 0.6 is 22.9 Å². The Hall–Kier alpha value is -1.15. The summed E-state index contributed by atoms with van der Waals surface area (Å²) in [5, 5.41) is 3.05. The van der Waals surface area contributed by atoms with E-state index in [-0.39, 0.29) is 16.5 Å². The quantitative estimate of drug-likeness (QED) is 0.874. The minimum Gasteiger partial charge on any atom is -0.372 e. The predicted octanol–water partition coefficient (Wildman–Crippen LogP) is 2.93. The van der Waals surface area contributed by atoms with Gasteiger partial charge in [0.25, 0.3) is 0 Å². The summed E-state index contributed by atoms with van der Waals surface area (Å²) in [5.74, 6) is 0.445. The Morgan fingerprint density at radius 1 is 1.33 bits per heavy atom. The Kier molecular flexibility index (Phi) is 4.88. The van der Waals surface area contributed by atoms with Crippen molar-refractivity contribution in [3.63, 3.8) is 0 Å². The summed E-state index contributed by atoms with van der Waals surface area (Å²) in [5.41, 5.74) is 1.16. The highest BCUT2D eigenvalue weighted by Gasteiger charge is 2.16. The summed E-state index contributed by atoms with van der Waals surface area (Å²) < 4.78 is 27.0. The SMILES string of the molecule is CNc1ncc(S(=O)(=O)NCc2cc(C)c(C)s2)cc1Cl. The third-order valence-electron chi connectivity index (χ3n) is 3.02. The number of rotatable bonds is 5. The molecule has 0 saturated heterocycles. The van der Waals surface area contributed by atoms with Gasteiger partial charge in [-0.1, -0.05) is 11.6 Å². The van der Waals surface area contributed by atoms with Crippen molar-refractivity contribution in [3.05, 3.63) is 38.7 Å². The Labute approximate surface area is 133 Å². The molecule has 0 aliphatic carbocycles. The van der Waals surface area contributed by atoms with Gasteiger partial charge in [0, 0.05) is 29.5 Å². The number of aryl methyl sites for hydroxylation is 2. The third kappa shape index (κ3) is 3.74. The van der Waals surface area contributed by atoms with E-state index in [1.807, 2.05) is 19.9 Å². The normalized spacial score (nSPS) is 11.6. The van der Waals surface area contributed by atoms with Crippen LogP contribution in [0.4, 0.5) is 5.82 Å². The molecule has 0 spiro atoms. The minimum absolute atomic E-state index is 0.0523. The van der Waals surface area contributed by atoms with Gasteiger partial charge in [-0.15, -0.1) is 11.3 Å². The van der Waals surface area contributed by atoms with Gasteiger partial charge in [-0.25, -0.2) is 18.1 Å². The number of aromatic nitrogens is 1. The Bertz CT molecular complexity index is 737. The van der Waals surface area contributed by atoms with E-state index in [2.05, 4.69) is 15.0 Å². The lowest BCUT2D eigenvalue weighted by atomic mass is 10.3. The van der Waals surface area contributed by atoms with Gasteiger partial charge in [-0.3, -0.25) is 0 Å². The average molecular weight is 346 g/mol. The predicted molar refractivity (Wildman–Crippen MR) is 86.6 cm³/mol. The van der Waals surface area contributed by atoms with Gasteiger partial charge in [0.2, 0.25) is 10.0 Å². The first-order valence-corrected chi connectivity index (χ1v) is 8.90. The number of sulfonamides is 1. The molecule has 114 valence electrons. The maximum atomic E-state index is 12.2. The second-order valence-corrected chi connectivity index (χ2v) is 8.04. The number of hydrogen-bond acceptors (Lipinski definition) is 5. The maximum Gasteiger partial charge on any atom is 0.242 e. The Balaban J connectivity index is 2.16. The van der Waals surface area contributed by atoms with E-state index in [1.165, 1.54) is 17.1 Å². The van der Waals surface area contributed by atoms with E-state index >= 15 is 0 Å². The molecule has 2 aromatic heterocycles. The lowest BCUT2D eigenvalue weighted by molar-refractivity contribution is 0.581. The maximum absolute atomic E-state index is 12.2. The number of nitrogens with one attached hydrogen (secondary N) is 2. The molecule has 0 unspecified atom stereocenters. The zero-order chi connectivity index (χ0) is 15.6. The van der Waals surface area contributed by atoms with Crippen molar-refractivity contribution in [1.82, 2.24) is 9.71 Å². The van der Waals surface area contributed by atoms with Gasteiger partial charge < -0.3 is 5.32 Å². The molecule has 0 fully saturated rings. The molecule has 2 rings (SSSR count). The van der Waals surface area contributed by atoms with E-state index in [1.54, 1.807) is 18.4 Å². The van der Waals surface area contributed by atoms with Crippen molar-refractivity contribution in [2.45, 2.75) is 25.3 Å². The van der Waals surface area contributed by atoms with E-state index in [0.29, 0.717) is 5.82 Å². The molecule has 0 bridgehead atoms. The van der Waals surface area contributed by atoms with Gasteiger partial charge in [0.15, 0.2) is 0 Å². The van der Waals surface area contributed by atoms with Crippen LogP contribution in [0.25, 0.3) is 0 Å². The molecular formula is C13H16ClN3O2S2. The lowest BCUT2D eigenvalue weighted by Crippen LogP contribution is -2.23. The molecular weight excluding hydrogens is 330 g/mol. The monoisotopic (exact) mass is 345 g/mol. The van der Waals surface area contributed by atoms with Crippen molar-refractivity contribution in [1.29, 1.82) is 0 Å². The van der Waals surface area contributed by atoms with Crippen LogP contribution in [-0.4, -0.2) is 20.4 Å². The lowest BCUT2D eigenvalue weighted by Gasteiger charge is -2.07. The van der Waals surface area contributed by atoms with Gasteiger partial charge in [0.1, 0.15) is 10.7 Å². The highest BCUT2D eigenvalue weighted by atomic mass is 35.5. The standard InChI is InChI=1S/C13H16ClN3O2S2/c1-8-4-10(20-9(8)2)6-17-21(18,19)11-5-12(14)13(15-3)16-7-11/h4-5,7,17H,6H2,1-3H3,(H,15,16). The fourth-order valence-electron chi connectivity index (χ4n) is 1.74. The zero-order valence-electron chi connectivity index (χ0n) is 11.9. The van der Waals surface area contributed by atoms with Crippen molar-refractivity contribution in [2.24, 2.45) is 0 Å². The fraction of sp³-hybridized carbons (Fsp3) is 0.308. The first-order chi connectivity index (χ1) is 9.83. The summed E-state index contributed by atoms with van der Waals surface area (Å²) in [6.07, 6.45) is 1.28. The third-order valence-corrected chi connectivity index (χ3v) is 5.83. The summed E-state index contributed by atoms with van der Waals surface area (Å²) in [4.78, 5) is 6.19. The van der Waals surface area contributed by atoms with Crippen LogP contribution in [0.1, 0.15) is 15.3 Å². The van der Waals surface area contributed by atoms with Gasteiger partial charge in [-0.05, 0) is 31.5 Å².